The van der Waals surface area contributed by atoms with Crippen molar-refractivity contribution in [1.29, 1.82) is 0 Å². The lowest BCUT2D eigenvalue weighted by Gasteiger charge is -2.33. The summed E-state index contributed by atoms with van der Waals surface area (Å²) in [5, 5.41) is 3.26. The van der Waals surface area contributed by atoms with Crippen LogP contribution in [0.15, 0.2) is 22.7 Å². The Balaban J connectivity index is 2.18. The molecule has 1 N–H and O–H groups in total. The van der Waals surface area contributed by atoms with Gasteiger partial charge in [0.25, 0.3) is 5.91 Å². The molecule has 1 aromatic rings. The molecule has 1 unspecified atom stereocenters. The highest BCUT2D eigenvalue weighted by Crippen LogP contribution is 2.22. The molecule has 1 aromatic carbocycles. The third kappa shape index (κ3) is 2.75. The molecule has 98 valence electrons. The Kier molecular flexibility index (Phi) is 4.40. The summed E-state index contributed by atoms with van der Waals surface area (Å²) in [6, 6.07) is 6.23. The van der Waals surface area contributed by atoms with Crippen molar-refractivity contribution in [3.8, 4) is 0 Å². The van der Waals surface area contributed by atoms with Crippen LogP contribution >= 0.6 is 15.9 Å². The third-order valence-electron chi connectivity index (χ3n) is 3.61. The summed E-state index contributed by atoms with van der Waals surface area (Å²) in [5.41, 5.74) is 1.83. The van der Waals surface area contributed by atoms with Gasteiger partial charge < -0.3 is 10.2 Å². The van der Waals surface area contributed by atoms with Gasteiger partial charge in [-0.05, 0) is 44.5 Å². The smallest absolute Gasteiger partial charge is 0.254 e. The van der Waals surface area contributed by atoms with E-state index in [1.807, 2.05) is 37.1 Å². The van der Waals surface area contributed by atoms with Crippen molar-refractivity contribution < 1.29 is 4.79 Å². The number of amides is 1. The van der Waals surface area contributed by atoms with E-state index in [0.717, 1.165) is 41.5 Å². The second kappa shape index (κ2) is 5.85. The van der Waals surface area contributed by atoms with Gasteiger partial charge in [-0.25, -0.2) is 0 Å². The molecule has 18 heavy (non-hydrogen) atoms. The Hall–Kier alpha value is -0.870. The monoisotopic (exact) mass is 310 g/mol. The van der Waals surface area contributed by atoms with Gasteiger partial charge in [0.2, 0.25) is 0 Å². The molecular formula is C14H19BrN2O. The first kappa shape index (κ1) is 13.6. The minimum atomic E-state index is 0.147. The van der Waals surface area contributed by atoms with Crippen LogP contribution in [-0.2, 0) is 0 Å². The SMILES string of the molecule is CNC1CCCN(C(=O)c2cccc(Br)c2C)C1. The molecule has 1 heterocycles. The molecule has 1 aliphatic heterocycles. The van der Waals surface area contributed by atoms with E-state index >= 15 is 0 Å². The molecule has 4 heteroatoms. The van der Waals surface area contributed by atoms with E-state index in [-0.39, 0.29) is 5.91 Å². The van der Waals surface area contributed by atoms with E-state index < -0.39 is 0 Å². The van der Waals surface area contributed by atoms with Gasteiger partial charge in [-0.1, -0.05) is 22.0 Å². The number of carbonyl (C=O) groups excluding carboxylic acids is 1. The molecule has 1 amide bonds. The van der Waals surface area contributed by atoms with Crippen LogP contribution in [0.1, 0.15) is 28.8 Å². The standard InChI is InChI=1S/C14H19BrN2O/c1-10-12(6-3-7-13(10)15)14(18)17-8-4-5-11(9-17)16-2/h3,6-7,11,16H,4-5,8-9H2,1-2H3. The van der Waals surface area contributed by atoms with Gasteiger partial charge in [-0.15, -0.1) is 0 Å². The molecule has 1 fully saturated rings. The fraction of sp³-hybridized carbons (Fsp3) is 0.500. The Morgan fingerprint density at radius 1 is 1.50 bits per heavy atom. The topological polar surface area (TPSA) is 32.3 Å². The van der Waals surface area contributed by atoms with Crippen molar-refractivity contribution in [3.05, 3.63) is 33.8 Å². The summed E-state index contributed by atoms with van der Waals surface area (Å²) < 4.78 is 0.996. The van der Waals surface area contributed by atoms with E-state index in [4.69, 9.17) is 0 Å². The molecule has 1 atom stereocenters. The second-order valence-corrected chi connectivity index (χ2v) is 5.65. The molecule has 0 radical (unpaired) electrons. The van der Waals surface area contributed by atoms with Crippen molar-refractivity contribution >= 4 is 21.8 Å². The third-order valence-corrected chi connectivity index (χ3v) is 4.47. The molecule has 0 aromatic heterocycles. The van der Waals surface area contributed by atoms with Crippen LogP contribution in [0.4, 0.5) is 0 Å². The first-order valence-corrected chi connectivity index (χ1v) is 7.14. The van der Waals surface area contributed by atoms with Crippen LogP contribution in [0.25, 0.3) is 0 Å². The van der Waals surface area contributed by atoms with E-state index in [1.54, 1.807) is 0 Å². The maximum atomic E-state index is 12.5. The zero-order valence-electron chi connectivity index (χ0n) is 10.9. The van der Waals surface area contributed by atoms with Gasteiger partial charge in [-0.3, -0.25) is 4.79 Å². The number of likely N-dealkylation sites (N-methyl/N-ethyl adjacent to an activating group) is 1. The lowest BCUT2D eigenvalue weighted by Crippen LogP contribution is -2.47. The Bertz CT molecular complexity index is 447. The minimum absolute atomic E-state index is 0.147. The molecular weight excluding hydrogens is 292 g/mol. The normalized spacial score (nSPS) is 19.9. The highest BCUT2D eigenvalue weighted by Gasteiger charge is 2.24. The lowest BCUT2D eigenvalue weighted by atomic mass is 10.0. The van der Waals surface area contributed by atoms with Crippen molar-refractivity contribution in [1.82, 2.24) is 10.2 Å². The van der Waals surface area contributed by atoms with Crippen LogP contribution in [0.3, 0.4) is 0 Å². The summed E-state index contributed by atoms with van der Waals surface area (Å²) in [7, 11) is 1.96. The molecule has 1 saturated heterocycles. The maximum absolute atomic E-state index is 12.5. The van der Waals surface area contributed by atoms with Crippen LogP contribution in [-0.4, -0.2) is 37.0 Å². The van der Waals surface area contributed by atoms with Crippen LogP contribution in [0, 0.1) is 6.92 Å². The number of piperidine rings is 1. The van der Waals surface area contributed by atoms with E-state index in [9.17, 15) is 4.79 Å². The molecule has 0 aliphatic carbocycles. The van der Waals surface area contributed by atoms with Gasteiger partial charge in [0.15, 0.2) is 0 Å². The lowest BCUT2D eigenvalue weighted by molar-refractivity contribution is 0.0697. The zero-order chi connectivity index (χ0) is 13.1. The fourth-order valence-electron chi connectivity index (χ4n) is 2.41. The average molecular weight is 311 g/mol. The van der Waals surface area contributed by atoms with Crippen molar-refractivity contribution in [2.75, 3.05) is 20.1 Å². The van der Waals surface area contributed by atoms with Gasteiger partial charge in [0, 0.05) is 29.2 Å². The number of nitrogens with one attached hydrogen (secondary N) is 1. The van der Waals surface area contributed by atoms with Gasteiger partial charge in [-0.2, -0.15) is 0 Å². The average Bonchev–Trinajstić information content (AvgIpc) is 2.41. The largest absolute Gasteiger partial charge is 0.337 e. The molecule has 0 bridgehead atoms. The Morgan fingerprint density at radius 2 is 2.28 bits per heavy atom. The van der Waals surface area contributed by atoms with Crippen molar-refractivity contribution in [3.63, 3.8) is 0 Å². The van der Waals surface area contributed by atoms with Gasteiger partial charge in [0.1, 0.15) is 0 Å². The molecule has 0 saturated carbocycles. The molecule has 1 aliphatic rings. The highest BCUT2D eigenvalue weighted by molar-refractivity contribution is 9.10. The zero-order valence-corrected chi connectivity index (χ0v) is 12.5. The van der Waals surface area contributed by atoms with E-state index in [1.165, 1.54) is 0 Å². The summed E-state index contributed by atoms with van der Waals surface area (Å²) in [5.74, 6) is 0.147. The first-order chi connectivity index (χ1) is 8.63. The first-order valence-electron chi connectivity index (χ1n) is 6.35. The second-order valence-electron chi connectivity index (χ2n) is 4.79. The number of carbonyl (C=O) groups is 1. The number of nitrogens with zero attached hydrogens (tertiary/aromatic N) is 1. The molecule has 0 spiro atoms. The number of hydrogen-bond donors (Lipinski definition) is 1. The summed E-state index contributed by atoms with van der Waals surface area (Å²) >= 11 is 3.48. The van der Waals surface area contributed by atoms with Crippen LogP contribution in [0.2, 0.25) is 0 Å². The number of rotatable bonds is 2. The number of hydrogen-bond acceptors (Lipinski definition) is 2. The Morgan fingerprint density at radius 3 is 3.00 bits per heavy atom. The maximum Gasteiger partial charge on any atom is 0.254 e. The quantitative estimate of drug-likeness (QED) is 0.910. The minimum Gasteiger partial charge on any atom is -0.337 e. The summed E-state index contributed by atoms with van der Waals surface area (Å²) in [6.07, 6.45) is 2.22. The van der Waals surface area contributed by atoms with Crippen LogP contribution < -0.4 is 5.32 Å². The number of halogens is 1. The van der Waals surface area contributed by atoms with E-state index in [2.05, 4.69) is 21.2 Å². The summed E-state index contributed by atoms with van der Waals surface area (Å²) in [6.45, 7) is 3.65. The van der Waals surface area contributed by atoms with Gasteiger partial charge in [0.05, 0.1) is 0 Å². The Labute approximate surface area is 117 Å². The van der Waals surface area contributed by atoms with Crippen LogP contribution in [0.5, 0.6) is 0 Å². The van der Waals surface area contributed by atoms with Crippen molar-refractivity contribution in [2.24, 2.45) is 0 Å². The number of likely N-dealkylation sites (tertiary alicyclic amines) is 1. The molecule has 2 rings (SSSR count). The summed E-state index contributed by atoms with van der Waals surface area (Å²) in [4.78, 5) is 14.5. The van der Waals surface area contributed by atoms with E-state index in [0.29, 0.717) is 6.04 Å². The predicted molar refractivity (Wildman–Crippen MR) is 76.9 cm³/mol. The predicted octanol–water partition coefficient (Wildman–Crippen LogP) is 2.58. The molecule has 3 nitrogen and oxygen atoms in total. The van der Waals surface area contributed by atoms with Crippen molar-refractivity contribution in [2.45, 2.75) is 25.8 Å². The number of benzene rings is 1. The highest BCUT2D eigenvalue weighted by atomic mass is 79.9. The fourth-order valence-corrected chi connectivity index (χ4v) is 2.77. The van der Waals surface area contributed by atoms with Gasteiger partial charge >= 0.3 is 0 Å².